The highest BCUT2D eigenvalue weighted by molar-refractivity contribution is 5.72. The van der Waals surface area contributed by atoms with Crippen molar-refractivity contribution in [3.05, 3.63) is 0 Å². The summed E-state index contributed by atoms with van der Waals surface area (Å²) >= 11 is 0. The molecule has 2 unspecified atom stereocenters. The van der Waals surface area contributed by atoms with E-state index in [4.69, 9.17) is 4.74 Å². The molecule has 0 radical (unpaired) electrons. The van der Waals surface area contributed by atoms with E-state index in [0.29, 0.717) is 6.04 Å². The van der Waals surface area contributed by atoms with E-state index in [1.54, 1.807) is 0 Å². The number of esters is 1. The lowest BCUT2D eigenvalue weighted by Gasteiger charge is -2.36. The van der Waals surface area contributed by atoms with E-state index in [2.05, 4.69) is 31.0 Å². The second-order valence-corrected chi connectivity index (χ2v) is 5.64. The van der Waals surface area contributed by atoms with Crippen LogP contribution >= 0.6 is 0 Å². The molecule has 0 aromatic carbocycles. The highest BCUT2D eigenvalue weighted by atomic mass is 16.5. The van der Waals surface area contributed by atoms with Crippen LogP contribution in [0.2, 0.25) is 0 Å². The lowest BCUT2D eigenvalue weighted by atomic mass is 9.94. The van der Waals surface area contributed by atoms with Gasteiger partial charge in [-0.3, -0.25) is 4.79 Å². The van der Waals surface area contributed by atoms with Gasteiger partial charge in [-0.2, -0.15) is 0 Å². The van der Waals surface area contributed by atoms with Gasteiger partial charge in [0.25, 0.3) is 0 Å². The first-order chi connectivity index (χ1) is 8.56. The highest BCUT2D eigenvalue weighted by Gasteiger charge is 2.31. The van der Waals surface area contributed by atoms with Crippen LogP contribution in [-0.4, -0.2) is 50.2 Å². The molecule has 0 spiro atoms. The summed E-state index contributed by atoms with van der Waals surface area (Å²) in [5.41, 5.74) is 0. The number of methoxy groups -OCH3 is 1. The predicted octanol–water partition coefficient (Wildman–Crippen LogP) is 1.51. The fourth-order valence-corrected chi connectivity index (χ4v) is 2.51. The Labute approximate surface area is 111 Å². The molecule has 0 bridgehead atoms. The monoisotopic (exact) mass is 256 g/mol. The van der Waals surface area contributed by atoms with E-state index in [9.17, 15) is 4.79 Å². The average molecular weight is 256 g/mol. The van der Waals surface area contributed by atoms with Crippen molar-refractivity contribution in [2.75, 3.05) is 33.3 Å². The molecule has 1 N–H and O–H groups in total. The molecule has 106 valence electrons. The van der Waals surface area contributed by atoms with E-state index in [0.717, 1.165) is 38.5 Å². The number of likely N-dealkylation sites (tertiary alicyclic amines) is 1. The van der Waals surface area contributed by atoms with E-state index < -0.39 is 0 Å². The number of ether oxygens (including phenoxy) is 1. The molecule has 1 saturated heterocycles. The Balaban J connectivity index is 2.44. The second-order valence-electron chi connectivity index (χ2n) is 5.64. The average Bonchev–Trinajstić information content (AvgIpc) is 2.36. The van der Waals surface area contributed by atoms with Crippen LogP contribution in [0.5, 0.6) is 0 Å². The molecule has 4 nitrogen and oxygen atoms in total. The third-order valence-corrected chi connectivity index (χ3v) is 3.66. The molecule has 4 heteroatoms. The summed E-state index contributed by atoms with van der Waals surface area (Å²) in [5.74, 6) is 0.684. The van der Waals surface area contributed by atoms with Crippen LogP contribution in [0, 0.1) is 11.8 Å². The molecule has 2 atom stereocenters. The van der Waals surface area contributed by atoms with E-state index >= 15 is 0 Å². The molecule has 0 aliphatic carbocycles. The summed E-state index contributed by atoms with van der Waals surface area (Å²) in [6.07, 6.45) is 2.09. The fourth-order valence-electron chi connectivity index (χ4n) is 2.51. The molecule has 0 aromatic heterocycles. The van der Waals surface area contributed by atoms with Gasteiger partial charge in [0.05, 0.1) is 13.0 Å². The van der Waals surface area contributed by atoms with Crippen molar-refractivity contribution in [3.63, 3.8) is 0 Å². The lowest BCUT2D eigenvalue weighted by molar-refractivity contribution is -0.147. The van der Waals surface area contributed by atoms with Gasteiger partial charge in [-0.1, -0.05) is 20.8 Å². The maximum Gasteiger partial charge on any atom is 0.310 e. The number of nitrogens with zero attached hydrogens (tertiary/aromatic N) is 1. The molecule has 18 heavy (non-hydrogen) atoms. The largest absolute Gasteiger partial charge is 0.469 e. The molecular weight excluding hydrogens is 228 g/mol. The number of nitrogens with one attached hydrogen (secondary N) is 1. The Kier molecular flexibility index (Phi) is 6.65. The van der Waals surface area contributed by atoms with Crippen molar-refractivity contribution in [3.8, 4) is 0 Å². The minimum Gasteiger partial charge on any atom is -0.469 e. The van der Waals surface area contributed by atoms with Crippen molar-refractivity contribution in [1.29, 1.82) is 0 Å². The van der Waals surface area contributed by atoms with Crippen LogP contribution in [0.3, 0.4) is 0 Å². The Morgan fingerprint density at radius 1 is 1.44 bits per heavy atom. The Hall–Kier alpha value is -0.610. The number of rotatable bonds is 6. The number of hydrogen-bond acceptors (Lipinski definition) is 4. The van der Waals surface area contributed by atoms with Crippen LogP contribution in [0.25, 0.3) is 0 Å². The minimum atomic E-state index is -0.0659. The van der Waals surface area contributed by atoms with Crippen molar-refractivity contribution >= 4 is 5.97 Å². The molecule has 1 aliphatic rings. The Bertz CT molecular complexity index is 256. The van der Waals surface area contributed by atoms with Crippen molar-refractivity contribution < 1.29 is 9.53 Å². The predicted molar refractivity (Wildman–Crippen MR) is 73.5 cm³/mol. The normalized spacial score (nSPS) is 25.4. The Morgan fingerprint density at radius 3 is 2.72 bits per heavy atom. The summed E-state index contributed by atoms with van der Waals surface area (Å²) in [6.45, 7) is 10.5. The van der Waals surface area contributed by atoms with E-state index in [1.165, 1.54) is 13.5 Å². The minimum absolute atomic E-state index is 0.0280. The number of likely N-dealkylation sites (N-methyl/N-ethyl adjacent to an activating group) is 1. The van der Waals surface area contributed by atoms with Gasteiger partial charge in [0, 0.05) is 19.1 Å². The van der Waals surface area contributed by atoms with Gasteiger partial charge in [-0.05, 0) is 31.8 Å². The van der Waals surface area contributed by atoms with Crippen molar-refractivity contribution in [2.45, 2.75) is 39.7 Å². The van der Waals surface area contributed by atoms with Gasteiger partial charge < -0.3 is 15.0 Å². The summed E-state index contributed by atoms with van der Waals surface area (Å²) in [7, 11) is 1.48. The quantitative estimate of drug-likeness (QED) is 0.731. The van der Waals surface area contributed by atoms with Crippen LogP contribution < -0.4 is 5.32 Å². The Morgan fingerprint density at radius 2 is 2.17 bits per heavy atom. The molecule has 0 saturated carbocycles. The first-order valence-electron chi connectivity index (χ1n) is 7.10. The first kappa shape index (κ1) is 15.4. The summed E-state index contributed by atoms with van der Waals surface area (Å²) in [4.78, 5) is 14.0. The zero-order valence-corrected chi connectivity index (χ0v) is 12.2. The van der Waals surface area contributed by atoms with E-state index in [-0.39, 0.29) is 11.9 Å². The van der Waals surface area contributed by atoms with Crippen LogP contribution in [0.1, 0.15) is 33.6 Å². The van der Waals surface area contributed by atoms with Gasteiger partial charge in [0.15, 0.2) is 0 Å². The molecule has 1 rings (SSSR count). The van der Waals surface area contributed by atoms with Crippen LogP contribution in [0.4, 0.5) is 0 Å². The maximum atomic E-state index is 11.7. The SMILES string of the molecule is CCN1CC(NCCC(C)C)CC(C(=O)OC)C1. The van der Waals surface area contributed by atoms with Gasteiger partial charge in [-0.15, -0.1) is 0 Å². The molecule has 0 amide bonds. The second kappa shape index (κ2) is 7.74. The molecule has 1 heterocycles. The molecule has 0 aromatic rings. The van der Waals surface area contributed by atoms with Crippen LogP contribution in [-0.2, 0) is 9.53 Å². The summed E-state index contributed by atoms with van der Waals surface area (Å²) in [5, 5.41) is 3.58. The molecule has 1 fully saturated rings. The number of piperidine rings is 1. The zero-order chi connectivity index (χ0) is 13.5. The van der Waals surface area contributed by atoms with Crippen molar-refractivity contribution in [2.24, 2.45) is 11.8 Å². The number of carbonyl (C=O) groups is 1. The first-order valence-corrected chi connectivity index (χ1v) is 7.10. The fraction of sp³-hybridized carbons (Fsp3) is 0.929. The maximum absolute atomic E-state index is 11.7. The summed E-state index contributed by atoms with van der Waals surface area (Å²) in [6, 6.07) is 0.418. The lowest BCUT2D eigenvalue weighted by Crippen LogP contribution is -2.51. The standard InChI is InChI=1S/C14H28N2O2/c1-5-16-9-12(14(17)18-4)8-13(10-16)15-7-6-11(2)3/h11-13,15H,5-10H2,1-4H3. The zero-order valence-electron chi connectivity index (χ0n) is 12.2. The third-order valence-electron chi connectivity index (χ3n) is 3.66. The van der Waals surface area contributed by atoms with Gasteiger partial charge in [-0.25, -0.2) is 0 Å². The number of hydrogen-bond donors (Lipinski definition) is 1. The highest BCUT2D eigenvalue weighted by Crippen LogP contribution is 2.18. The van der Waals surface area contributed by atoms with Crippen molar-refractivity contribution in [1.82, 2.24) is 10.2 Å². The van der Waals surface area contributed by atoms with Gasteiger partial charge in [0.2, 0.25) is 0 Å². The van der Waals surface area contributed by atoms with Gasteiger partial charge in [0.1, 0.15) is 0 Å². The molecule has 1 aliphatic heterocycles. The third kappa shape index (κ3) is 4.94. The smallest absolute Gasteiger partial charge is 0.310 e. The number of carbonyl (C=O) groups excluding carboxylic acids is 1. The summed E-state index contributed by atoms with van der Waals surface area (Å²) < 4.78 is 4.88. The van der Waals surface area contributed by atoms with Crippen LogP contribution in [0.15, 0.2) is 0 Å². The molecular formula is C14H28N2O2. The van der Waals surface area contributed by atoms with E-state index in [1.807, 2.05) is 0 Å². The van der Waals surface area contributed by atoms with Gasteiger partial charge >= 0.3 is 5.97 Å². The topological polar surface area (TPSA) is 41.6 Å².